The minimum absolute atomic E-state index is 0.0940. The number of nitrogens with one attached hydrogen (secondary N) is 1. The van der Waals surface area contributed by atoms with Gasteiger partial charge in [0.1, 0.15) is 0 Å². The molecule has 2 aliphatic rings. The fourth-order valence-electron chi connectivity index (χ4n) is 3.47. The first-order chi connectivity index (χ1) is 10.1. The minimum Gasteiger partial charge on any atom is -0.384 e. The van der Waals surface area contributed by atoms with Crippen molar-refractivity contribution in [3.8, 4) is 0 Å². The van der Waals surface area contributed by atoms with E-state index in [4.69, 9.17) is 4.74 Å². The summed E-state index contributed by atoms with van der Waals surface area (Å²) >= 11 is 0. The molecule has 21 heavy (non-hydrogen) atoms. The van der Waals surface area contributed by atoms with Gasteiger partial charge in [-0.1, -0.05) is 6.42 Å². The first kappa shape index (κ1) is 17.1. The predicted octanol–water partition coefficient (Wildman–Crippen LogP) is 0.664. The molecule has 0 amide bonds. The second kappa shape index (κ2) is 7.87. The van der Waals surface area contributed by atoms with Crippen molar-refractivity contribution in [2.75, 3.05) is 46.9 Å². The van der Waals surface area contributed by atoms with Gasteiger partial charge in [0.15, 0.2) is 0 Å². The van der Waals surface area contributed by atoms with Crippen LogP contribution in [0.15, 0.2) is 0 Å². The van der Waals surface area contributed by atoms with Crippen LogP contribution in [0.2, 0.25) is 0 Å². The van der Waals surface area contributed by atoms with E-state index in [9.17, 15) is 8.42 Å². The van der Waals surface area contributed by atoms with E-state index < -0.39 is 10.2 Å². The highest BCUT2D eigenvalue weighted by Crippen LogP contribution is 2.26. The summed E-state index contributed by atoms with van der Waals surface area (Å²) in [6, 6.07) is 0.0940. The molecule has 2 rings (SSSR count). The highest BCUT2D eigenvalue weighted by Gasteiger charge is 2.38. The molecule has 0 spiro atoms. The largest absolute Gasteiger partial charge is 0.384 e. The summed E-state index contributed by atoms with van der Waals surface area (Å²) in [6.45, 7) is 3.27. The molecule has 0 bridgehead atoms. The van der Waals surface area contributed by atoms with Crippen LogP contribution in [0.5, 0.6) is 0 Å². The van der Waals surface area contributed by atoms with Gasteiger partial charge in [-0.05, 0) is 38.6 Å². The maximum absolute atomic E-state index is 13.0. The quantitative estimate of drug-likeness (QED) is 0.781. The van der Waals surface area contributed by atoms with E-state index in [0.717, 1.165) is 38.6 Å². The second-order valence-corrected chi connectivity index (χ2v) is 8.03. The summed E-state index contributed by atoms with van der Waals surface area (Å²) in [5.41, 5.74) is 0. The summed E-state index contributed by atoms with van der Waals surface area (Å²) < 4.78 is 34.5. The summed E-state index contributed by atoms with van der Waals surface area (Å²) in [5, 5.41) is 3.13. The van der Waals surface area contributed by atoms with Crippen LogP contribution in [-0.2, 0) is 14.9 Å². The molecule has 2 saturated heterocycles. The molecule has 2 unspecified atom stereocenters. The molecule has 6 nitrogen and oxygen atoms in total. The van der Waals surface area contributed by atoms with Gasteiger partial charge in [-0.15, -0.1) is 0 Å². The van der Waals surface area contributed by atoms with Crippen LogP contribution in [0.1, 0.15) is 32.1 Å². The van der Waals surface area contributed by atoms with Gasteiger partial charge in [0.2, 0.25) is 0 Å². The van der Waals surface area contributed by atoms with E-state index in [2.05, 4.69) is 5.32 Å². The highest BCUT2D eigenvalue weighted by atomic mass is 32.2. The molecule has 0 saturated carbocycles. The summed E-state index contributed by atoms with van der Waals surface area (Å²) in [5.74, 6) is 0.325. The van der Waals surface area contributed by atoms with Crippen molar-refractivity contribution >= 4 is 10.2 Å². The lowest BCUT2D eigenvalue weighted by Crippen LogP contribution is -2.55. The fourth-order valence-corrected chi connectivity index (χ4v) is 5.45. The Hall–Kier alpha value is -0.210. The maximum Gasteiger partial charge on any atom is 0.282 e. The van der Waals surface area contributed by atoms with Crippen molar-refractivity contribution < 1.29 is 13.2 Å². The SMILES string of the molecule is CNCC1CCCCN1S(=O)(=O)N1CCCC(COC)C1. The number of piperidine rings is 2. The molecular formula is C14H29N3O3S. The third-order valence-electron chi connectivity index (χ3n) is 4.52. The van der Waals surface area contributed by atoms with Crippen molar-refractivity contribution in [1.29, 1.82) is 0 Å². The van der Waals surface area contributed by atoms with Gasteiger partial charge in [0, 0.05) is 39.3 Å². The molecule has 0 aromatic rings. The minimum atomic E-state index is -3.34. The van der Waals surface area contributed by atoms with Crippen LogP contribution in [0.25, 0.3) is 0 Å². The van der Waals surface area contributed by atoms with Gasteiger partial charge in [0.05, 0.1) is 6.61 Å². The first-order valence-corrected chi connectivity index (χ1v) is 9.39. The molecular weight excluding hydrogens is 290 g/mol. The first-order valence-electron chi connectivity index (χ1n) is 8.00. The van der Waals surface area contributed by atoms with E-state index in [1.54, 1.807) is 15.7 Å². The fraction of sp³-hybridized carbons (Fsp3) is 1.00. The average molecular weight is 319 g/mol. The Labute approximate surface area is 129 Å². The molecule has 0 aromatic heterocycles. The number of hydrogen-bond donors (Lipinski definition) is 1. The molecule has 2 aliphatic heterocycles. The van der Waals surface area contributed by atoms with Gasteiger partial charge in [-0.3, -0.25) is 0 Å². The molecule has 2 fully saturated rings. The van der Waals surface area contributed by atoms with Crippen LogP contribution in [0.3, 0.4) is 0 Å². The van der Waals surface area contributed by atoms with Crippen molar-refractivity contribution in [3.05, 3.63) is 0 Å². The highest BCUT2D eigenvalue weighted by molar-refractivity contribution is 7.86. The summed E-state index contributed by atoms with van der Waals surface area (Å²) in [6.07, 6.45) is 5.02. The number of likely N-dealkylation sites (N-methyl/N-ethyl adjacent to an activating group) is 1. The Bertz CT molecular complexity index is 412. The van der Waals surface area contributed by atoms with Crippen LogP contribution in [-0.4, -0.2) is 70.0 Å². The van der Waals surface area contributed by atoms with Gasteiger partial charge in [0.25, 0.3) is 10.2 Å². The van der Waals surface area contributed by atoms with Crippen LogP contribution >= 0.6 is 0 Å². The lowest BCUT2D eigenvalue weighted by atomic mass is 10.0. The van der Waals surface area contributed by atoms with E-state index in [-0.39, 0.29) is 6.04 Å². The van der Waals surface area contributed by atoms with Crippen molar-refractivity contribution in [2.45, 2.75) is 38.1 Å². The molecule has 0 aromatic carbocycles. The topological polar surface area (TPSA) is 61.9 Å². The number of methoxy groups -OCH3 is 1. The Balaban J connectivity index is 2.08. The van der Waals surface area contributed by atoms with Crippen LogP contribution in [0.4, 0.5) is 0 Å². The summed E-state index contributed by atoms with van der Waals surface area (Å²) in [4.78, 5) is 0. The van der Waals surface area contributed by atoms with Crippen LogP contribution in [0, 0.1) is 5.92 Å². The lowest BCUT2D eigenvalue weighted by Gasteiger charge is -2.40. The van der Waals surface area contributed by atoms with E-state index in [1.165, 1.54) is 0 Å². The monoisotopic (exact) mass is 319 g/mol. The Kier molecular flexibility index (Phi) is 6.43. The van der Waals surface area contributed by atoms with Crippen LogP contribution < -0.4 is 5.32 Å². The van der Waals surface area contributed by atoms with Gasteiger partial charge >= 0.3 is 0 Å². The smallest absolute Gasteiger partial charge is 0.282 e. The third kappa shape index (κ3) is 4.16. The normalized spacial score (nSPS) is 29.6. The Morgan fingerprint density at radius 3 is 2.71 bits per heavy atom. The Morgan fingerprint density at radius 2 is 2.00 bits per heavy atom. The Morgan fingerprint density at radius 1 is 1.19 bits per heavy atom. The van der Waals surface area contributed by atoms with Crippen molar-refractivity contribution in [1.82, 2.24) is 13.9 Å². The number of ether oxygens (including phenoxy) is 1. The third-order valence-corrected chi connectivity index (χ3v) is 6.58. The maximum atomic E-state index is 13.0. The second-order valence-electron chi connectivity index (χ2n) is 6.15. The molecule has 7 heteroatoms. The molecule has 0 radical (unpaired) electrons. The van der Waals surface area contributed by atoms with E-state index >= 15 is 0 Å². The average Bonchev–Trinajstić information content (AvgIpc) is 2.49. The van der Waals surface area contributed by atoms with Gasteiger partial charge in [-0.2, -0.15) is 17.0 Å². The standard InChI is InChI=1S/C14H29N3O3S/c1-15-10-14-7-3-4-9-17(14)21(18,19)16-8-5-6-13(11-16)12-20-2/h13-15H,3-12H2,1-2H3. The lowest BCUT2D eigenvalue weighted by molar-refractivity contribution is 0.114. The number of nitrogens with zero attached hydrogens (tertiary/aromatic N) is 2. The van der Waals surface area contributed by atoms with Gasteiger partial charge < -0.3 is 10.1 Å². The zero-order chi connectivity index (χ0) is 15.3. The van der Waals surface area contributed by atoms with E-state index in [0.29, 0.717) is 32.2 Å². The molecule has 124 valence electrons. The summed E-state index contributed by atoms with van der Waals surface area (Å²) in [7, 11) is 0.229. The number of hydrogen-bond acceptors (Lipinski definition) is 4. The predicted molar refractivity (Wildman–Crippen MR) is 83.4 cm³/mol. The zero-order valence-electron chi connectivity index (χ0n) is 13.3. The van der Waals surface area contributed by atoms with E-state index in [1.807, 2.05) is 7.05 Å². The molecule has 1 N–H and O–H groups in total. The number of rotatable bonds is 6. The van der Waals surface area contributed by atoms with Gasteiger partial charge in [-0.25, -0.2) is 0 Å². The molecule has 0 aliphatic carbocycles. The molecule has 2 heterocycles. The van der Waals surface area contributed by atoms with Crippen molar-refractivity contribution in [2.24, 2.45) is 5.92 Å². The molecule has 2 atom stereocenters. The van der Waals surface area contributed by atoms with Crippen molar-refractivity contribution in [3.63, 3.8) is 0 Å². The zero-order valence-corrected chi connectivity index (χ0v) is 14.1.